The minimum absolute atomic E-state index is 0.0885. The summed E-state index contributed by atoms with van der Waals surface area (Å²) in [5, 5.41) is 0. The summed E-state index contributed by atoms with van der Waals surface area (Å²) in [7, 11) is 0. The number of para-hydroxylation sites is 1. The number of anilines is 1. The normalized spacial score (nSPS) is 17.8. The molecule has 4 heteroatoms. The van der Waals surface area contributed by atoms with Gasteiger partial charge in [0.1, 0.15) is 5.75 Å². The van der Waals surface area contributed by atoms with E-state index in [4.69, 9.17) is 4.74 Å². The van der Waals surface area contributed by atoms with E-state index in [2.05, 4.69) is 59.9 Å². The lowest BCUT2D eigenvalue weighted by Crippen LogP contribution is -2.24. The summed E-state index contributed by atoms with van der Waals surface area (Å²) in [5.41, 5.74) is 3.41. The highest BCUT2D eigenvalue weighted by Crippen LogP contribution is 2.32. The van der Waals surface area contributed by atoms with Gasteiger partial charge in [0.15, 0.2) is 0 Å². The van der Waals surface area contributed by atoms with Crippen LogP contribution in [0.5, 0.6) is 5.75 Å². The van der Waals surface area contributed by atoms with Crippen LogP contribution in [0, 0.1) is 19.8 Å². The van der Waals surface area contributed by atoms with Gasteiger partial charge in [0.05, 0.1) is 6.61 Å². The molecule has 1 aromatic heterocycles. The first kappa shape index (κ1) is 17.7. The zero-order chi connectivity index (χ0) is 18.0. The Hall–Kier alpha value is -2.10. The molecular weight excluding hydrogens is 310 g/mol. The molecule has 1 unspecified atom stereocenters. The van der Waals surface area contributed by atoms with E-state index in [0.717, 1.165) is 49.2 Å². The lowest BCUT2D eigenvalue weighted by molar-refractivity contribution is 0.255. The molecule has 1 aromatic carbocycles. The summed E-state index contributed by atoms with van der Waals surface area (Å²) in [4.78, 5) is 11.5. The molecule has 3 rings (SSSR count). The molecule has 1 saturated heterocycles. The highest BCUT2D eigenvalue weighted by atomic mass is 16.5. The van der Waals surface area contributed by atoms with Crippen LogP contribution < -0.4 is 9.64 Å². The molecule has 25 heavy (non-hydrogen) atoms. The Balaban J connectivity index is 1.63. The molecule has 0 aliphatic carbocycles. The van der Waals surface area contributed by atoms with Crippen molar-refractivity contribution < 1.29 is 4.74 Å². The standard InChI is InChI=1S/C21H29N3O/c1-15-12-16(2)23-20(22-15)24-11-10-17(13-24)14-25-19-9-7-6-8-18(19)21(3,4)5/h6-9,12,17H,10-11,13-14H2,1-5H3. The van der Waals surface area contributed by atoms with E-state index in [9.17, 15) is 0 Å². The van der Waals surface area contributed by atoms with E-state index in [-0.39, 0.29) is 5.41 Å². The minimum atomic E-state index is 0.0885. The average molecular weight is 339 g/mol. The first-order valence-electron chi connectivity index (χ1n) is 9.12. The highest BCUT2D eigenvalue weighted by Gasteiger charge is 2.26. The van der Waals surface area contributed by atoms with Crippen molar-refractivity contribution in [2.45, 2.75) is 46.5 Å². The number of hydrogen-bond donors (Lipinski definition) is 0. The van der Waals surface area contributed by atoms with E-state index < -0.39 is 0 Å². The van der Waals surface area contributed by atoms with Gasteiger partial charge in [0, 0.05) is 30.4 Å². The Kier molecular flexibility index (Phi) is 4.98. The Morgan fingerprint density at radius 3 is 2.48 bits per heavy atom. The van der Waals surface area contributed by atoms with Crippen LogP contribution in [-0.4, -0.2) is 29.7 Å². The van der Waals surface area contributed by atoms with Crippen molar-refractivity contribution in [2.75, 3.05) is 24.6 Å². The van der Waals surface area contributed by atoms with E-state index in [1.54, 1.807) is 0 Å². The van der Waals surface area contributed by atoms with E-state index >= 15 is 0 Å². The second kappa shape index (κ2) is 7.03. The Morgan fingerprint density at radius 2 is 1.80 bits per heavy atom. The maximum absolute atomic E-state index is 6.21. The summed E-state index contributed by atoms with van der Waals surface area (Å²) < 4.78 is 6.21. The molecule has 1 fully saturated rings. The molecule has 0 amide bonds. The van der Waals surface area contributed by atoms with Crippen LogP contribution in [0.15, 0.2) is 30.3 Å². The molecule has 1 atom stereocenters. The minimum Gasteiger partial charge on any atom is -0.493 e. The van der Waals surface area contributed by atoms with E-state index in [0.29, 0.717) is 5.92 Å². The molecule has 0 spiro atoms. The van der Waals surface area contributed by atoms with Crippen molar-refractivity contribution >= 4 is 5.95 Å². The molecule has 0 N–H and O–H groups in total. The van der Waals surface area contributed by atoms with Gasteiger partial charge in [-0.2, -0.15) is 0 Å². The summed E-state index contributed by atoms with van der Waals surface area (Å²) >= 11 is 0. The summed E-state index contributed by atoms with van der Waals surface area (Å²) in [6.45, 7) is 13.4. The van der Waals surface area contributed by atoms with Crippen molar-refractivity contribution in [3.8, 4) is 5.75 Å². The fraction of sp³-hybridized carbons (Fsp3) is 0.524. The molecule has 2 aromatic rings. The van der Waals surface area contributed by atoms with Crippen LogP contribution in [0.1, 0.15) is 44.1 Å². The van der Waals surface area contributed by atoms with Crippen LogP contribution in [0.4, 0.5) is 5.95 Å². The van der Waals surface area contributed by atoms with Gasteiger partial charge < -0.3 is 9.64 Å². The van der Waals surface area contributed by atoms with Gasteiger partial charge >= 0.3 is 0 Å². The molecule has 0 saturated carbocycles. The predicted molar refractivity (Wildman–Crippen MR) is 102 cm³/mol. The molecular formula is C21H29N3O. The summed E-state index contributed by atoms with van der Waals surface area (Å²) in [6, 6.07) is 10.4. The lowest BCUT2D eigenvalue weighted by Gasteiger charge is -2.23. The van der Waals surface area contributed by atoms with Gasteiger partial charge in [-0.05, 0) is 43.4 Å². The molecule has 134 valence electrons. The molecule has 1 aliphatic heterocycles. The second-order valence-electron chi connectivity index (χ2n) is 8.11. The van der Waals surface area contributed by atoms with E-state index in [1.807, 2.05) is 19.9 Å². The smallest absolute Gasteiger partial charge is 0.225 e. The van der Waals surface area contributed by atoms with Crippen LogP contribution in [0.25, 0.3) is 0 Å². The van der Waals surface area contributed by atoms with Crippen molar-refractivity contribution in [1.29, 1.82) is 0 Å². The van der Waals surface area contributed by atoms with Gasteiger partial charge in [0.25, 0.3) is 0 Å². The maximum atomic E-state index is 6.21. The third-order valence-electron chi connectivity index (χ3n) is 4.71. The van der Waals surface area contributed by atoms with Gasteiger partial charge in [-0.15, -0.1) is 0 Å². The van der Waals surface area contributed by atoms with Crippen molar-refractivity contribution in [1.82, 2.24) is 9.97 Å². The third-order valence-corrected chi connectivity index (χ3v) is 4.71. The van der Waals surface area contributed by atoms with Crippen molar-refractivity contribution in [2.24, 2.45) is 5.92 Å². The number of rotatable bonds is 4. The molecule has 4 nitrogen and oxygen atoms in total. The lowest BCUT2D eigenvalue weighted by atomic mass is 9.86. The van der Waals surface area contributed by atoms with E-state index in [1.165, 1.54) is 5.56 Å². The SMILES string of the molecule is Cc1cc(C)nc(N2CCC(COc3ccccc3C(C)(C)C)C2)n1. The predicted octanol–water partition coefficient (Wildman–Crippen LogP) is 4.30. The fourth-order valence-corrected chi connectivity index (χ4v) is 3.42. The summed E-state index contributed by atoms with van der Waals surface area (Å²) in [5.74, 6) is 2.38. The highest BCUT2D eigenvalue weighted by molar-refractivity contribution is 5.38. The number of aryl methyl sites for hydroxylation is 2. The van der Waals surface area contributed by atoms with Crippen molar-refractivity contribution in [3.05, 3.63) is 47.3 Å². The number of nitrogens with zero attached hydrogens (tertiary/aromatic N) is 3. The average Bonchev–Trinajstić information content (AvgIpc) is 3.00. The van der Waals surface area contributed by atoms with Crippen LogP contribution in [0.3, 0.4) is 0 Å². The maximum Gasteiger partial charge on any atom is 0.225 e. The van der Waals surface area contributed by atoms with Gasteiger partial charge in [-0.3, -0.25) is 0 Å². The summed E-state index contributed by atoms with van der Waals surface area (Å²) in [6.07, 6.45) is 1.12. The monoisotopic (exact) mass is 339 g/mol. The number of aromatic nitrogens is 2. The zero-order valence-corrected chi connectivity index (χ0v) is 16.0. The van der Waals surface area contributed by atoms with Crippen molar-refractivity contribution in [3.63, 3.8) is 0 Å². The van der Waals surface area contributed by atoms with Crippen LogP contribution >= 0.6 is 0 Å². The first-order valence-corrected chi connectivity index (χ1v) is 9.12. The molecule has 0 bridgehead atoms. The quantitative estimate of drug-likeness (QED) is 0.832. The number of ether oxygens (including phenoxy) is 1. The topological polar surface area (TPSA) is 38.2 Å². The van der Waals surface area contributed by atoms with Gasteiger partial charge in [0.2, 0.25) is 5.95 Å². The van der Waals surface area contributed by atoms with Gasteiger partial charge in [-0.25, -0.2) is 9.97 Å². The second-order valence-corrected chi connectivity index (χ2v) is 8.11. The Labute approximate surface area is 151 Å². The fourth-order valence-electron chi connectivity index (χ4n) is 3.42. The first-order chi connectivity index (χ1) is 11.8. The van der Waals surface area contributed by atoms with Crippen LogP contribution in [0.2, 0.25) is 0 Å². The third kappa shape index (κ3) is 4.30. The molecule has 1 aliphatic rings. The number of benzene rings is 1. The Bertz CT molecular complexity index is 716. The molecule has 0 radical (unpaired) electrons. The van der Waals surface area contributed by atoms with Gasteiger partial charge in [-0.1, -0.05) is 39.0 Å². The Morgan fingerprint density at radius 1 is 1.12 bits per heavy atom. The largest absolute Gasteiger partial charge is 0.493 e. The van der Waals surface area contributed by atoms with Crippen LogP contribution in [-0.2, 0) is 5.41 Å². The molecule has 2 heterocycles. The number of hydrogen-bond acceptors (Lipinski definition) is 4. The zero-order valence-electron chi connectivity index (χ0n) is 16.0.